The van der Waals surface area contributed by atoms with Gasteiger partial charge in [-0.3, -0.25) is 9.59 Å². The summed E-state index contributed by atoms with van der Waals surface area (Å²) in [7, 11) is 0. The molecule has 0 saturated heterocycles. The quantitative estimate of drug-likeness (QED) is 0.638. The molecule has 0 heterocycles. The fourth-order valence-corrected chi connectivity index (χ4v) is 3.02. The van der Waals surface area contributed by atoms with Gasteiger partial charge < -0.3 is 5.32 Å². The molecule has 0 bridgehead atoms. The minimum absolute atomic E-state index is 0.0392. The maximum atomic E-state index is 12.7. The highest BCUT2D eigenvalue weighted by Gasteiger charge is 2.19. The number of benzene rings is 3. The number of carbonyl (C=O) groups excluding carboxylic acids is 2. The molecule has 27 heavy (non-hydrogen) atoms. The first kappa shape index (κ1) is 18.6. The van der Waals surface area contributed by atoms with Crippen molar-refractivity contribution in [1.29, 1.82) is 0 Å². The van der Waals surface area contributed by atoms with Crippen LogP contribution in [0.2, 0.25) is 0 Å². The van der Waals surface area contributed by atoms with Crippen molar-refractivity contribution in [2.24, 2.45) is 0 Å². The first-order valence-electron chi connectivity index (χ1n) is 9.11. The van der Waals surface area contributed by atoms with Crippen LogP contribution in [0.25, 0.3) is 0 Å². The van der Waals surface area contributed by atoms with Gasteiger partial charge in [0.05, 0.1) is 12.0 Å². The molecule has 0 fully saturated rings. The van der Waals surface area contributed by atoms with Crippen LogP contribution < -0.4 is 5.32 Å². The molecule has 3 aromatic carbocycles. The molecule has 0 aliphatic rings. The Labute approximate surface area is 160 Å². The van der Waals surface area contributed by atoms with Gasteiger partial charge in [-0.1, -0.05) is 78.9 Å². The molecule has 0 spiro atoms. The van der Waals surface area contributed by atoms with Crippen molar-refractivity contribution in [3.63, 3.8) is 0 Å². The lowest BCUT2D eigenvalue weighted by Gasteiger charge is -2.18. The predicted octanol–water partition coefficient (Wildman–Crippen LogP) is 4.90. The number of rotatable bonds is 6. The van der Waals surface area contributed by atoms with Crippen LogP contribution in [-0.4, -0.2) is 11.7 Å². The van der Waals surface area contributed by atoms with E-state index in [9.17, 15) is 9.59 Å². The molecule has 0 radical (unpaired) electrons. The zero-order valence-corrected chi connectivity index (χ0v) is 15.6. The van der Waals surface area contributed by atoms with Crippen molar-refractivity contribution in [3.05, 3.63) is 107 Å². The molecule has 1 N–H and O–H groups in total. The van der Waals surface area contributed by atoms with E-state index in [0.717, 1.165) is 11.1 Å². The largest absolute Gasteiger partial charge is 0.349 e. The zero-order valence-electron chi connectivity index (χ0n) is 15.6. The Morgan fingerprint density at radius 1 is 0.704 bits per heavy atom. The van der Waals surface area contributed by atoms with E-state index in [2.05, 4.69) is 5.32 Å². The number of amides is 1. The Morgan fingerprint density at radius 3 is 1.93 bits per heavy atom. The summed E-state index contributed by atoms with van der Waals surface area (Å²) in [4.78, 5) is 25.3. The summed E-state index contributed by atoms with van der Waals surface area (Å²) in [5, 5.41) is 3.05. The molecule has 0 aliphatic carbocycles. The smallest absolute Gasteiger partial charge is 0.227 e. The zero-order chi connectivity index (χ0) is 19.2. The number of carbonyl (C=O) groups is 2. The van der Waals surface area contributed by atoms with E-state index >= 15 is 0 Å². The average molecular weight is 357 g/mol. The van der Waals surface area contributed by atoms with E-state index in [4.69, 9.17) is 0 Å². The fourth-order valence-electron chi connectivity index (χ4n) is 3.02. The molecule has 3 nitrogen and oxygen atoms in total. The minimum atomic E-state index is -0.348. The lowest BCUT2D eigenvalue weighted by atomic mass is 9.95. The summed E-state index contributed by atoms with van der Waals surface area (Å²) in [6.07, 6.45) is 0. The molecule has 3 aromatic rings. The molecule has 0 aliphatic heterocycles. The monoisotopic (exact) mass is 357 g/mol. The summed E-state index contributed by atoms with van der Waals surface area (Å²) in [6, 6.07) is 26.3. The van der Waals surface area contributed by atoms with Gasteiger partial charge in [-0.05, 0) is 31.0 Å². The van der Waals surface area contributed by atoms with Gasteiger partial charge in [0.25, 0.3) is 0 Å². The second kappa shape index (κ2) is 8.45. The summed E-state index contributed by atoms with van der Waals surface area (Å²) in [5.74, 6) is -0.446. The number of hydrogen-bond donors (Lipinski definition) is 1. The molecule has 1 amide bonds. The molecule has 0 saturated carbocycles. The van der Waals surface area contributed by atoms with Gasteiger partial charge in [0.2, 0.25) is 5.91 Å². The van der Waals surface area contributed by atoms with E-state index in [0.29, 0.717) is 11.1 Å². The number of ketones is 1. The highest BCUT2D eigenvalue weighted by molar-refractivity contribution is 6.09. The van der Waals surface area contributed by atoms with Crippen molar-refractivity contribution >= 4 is 11.7 Å². The summed E-state index contributed by atoms with van der Waals surface area (Å²) in [6.45, 7) is 3.83. The van der Waals surface area contributed by atoms with Crippen LogP contribution in [0.3, 0.4) is 0 Å². The van der Waals surface area contributed by atoms with Crippen molar-refractivity contribution in [2.45, 2.75) is 25.8 Å². The van der Waals surface area contributed by atoms with Crippen LogP contribution in [-0.2, 0) is 4.79 Å². The van der Waals surface area contributed by atoms with E-state index < -0.39 is 0 Å². The summed E-state index contributed by atoms with van der Waals surface area (Å²) < 4.78 is 0. The molecular formula is C24H23NO2. The van der Waals surface area contributed by atoms with Gasteiger partial charge in [0, 0.05) is 11.1 Å². The van der Waals surface area contributed by atoms with Gasteiger partial charge in [0.15, 0.2) is 5.78 Å². The summed E-state index contributed by atoms with van der Waals surface area (Å²) >= 11 is 0. The van der Waals surface area contributed by atoms with Crippen molar-refractivity contribution < 1.29 is 9.59 Å². The second-order valence-electron chi connectivity index (χ2n) is 6.68. The average Bonchev–Trinajstić information content (AvgIpc) is 2.74. The van der Waals surface area contributed by atoms with E-state index in [1.807, 2.05) is 80.6 Å². The first-order valence-corrected chi connectivity index (χ1v) is 9.11. The topological polar surface area (TPSA) is 46.2 Å². The van der Waals surface area contributed by atoms with Crippen LogP contribution in [0.1, 0.15) is 52.9 Å². The van der Waals surface area contributed by atoms with Gasteiger partial charge in [-0.2, -0.15) is 0 Å². The van der Waals surface area contributed by atoms with Gasteiger partial charge >= 0.3 is 0 Å². The Kier molecular flexibility index (Phi) is 5.82. The van der Waals surface area contributed by atoms with E-state index in [1.165, 1.54) is 0 Å². The molecule has 2 unspecified atom stereocenters. The van der Waals surface area contributed by atoms with Crippen LogP contribution >= 0.6 is 0 Å². The SMILES string of the molecule is CC(NC(=O)C(C)c1cccc(C(=O)c2ccccc2)c1)c1ccccc1. The van der Waals surface area contributed by atoms with Crippen molar-refractivity contribution in [2.75, 3.05) is 0 Å². The van der Waals surface area contributed by atoms with E-state index in [-0.39, 0.29) is 23.7 Å². The first-order chi connectivity index (χ1) is 13.1. The Morgan fingerprint density at radius 2 is 1.26 bits per heavy atom. The highest BCUT2D eigenvalue weighted by Crippen LogP contribution is 2.21. The third-order valence-electron chi connectivity index (χ3n) is 4.74. The van der Waals surface area contributed by atoms with Crippen LogP contribution in [0.4, 0.5) is 0 Å². The molecule has 3 heteroatoms. The molecule has 136 valence electrons. The lowest BCUT2D eigenvalue weighted by Crippen LogP contribution is -2.30. The molecule has 0 aromatic heterocycles. The van der Waals surface area contributed by atoms with Crippen molar-refractivity contribution in [3.8, 4) is 0 Å². The highest BCUT2D eigenvalue weighted by atomic mass is 16.2. The third kappa shape index (κ3) is 4.50. The summed E-state index contributed by atoms with van der Waals surface area (Å²) in [5.41, 5.74) is 3.12. The number of nitrogens with one attached hydrogen (secondary N) is 1. The van der Waals surface area contributed by atoms with E-state index in [1.54, 1.807) is 18.2 Å². The maximum Gasteiger partial charge on any atom is 0.227 e. The minimum Gasteiger partial charge on any atom is -0.349 e. The Bertz CT molecular complexity index is 919. The third-order valence-corrected chi connectivity index (χ3v) is 4.74. The standard InChI is InChI=1S/C24H23NO2/c1-17(24(27)25-18(2)19-10-5-3-6-11-19)21-14-9-15-22(16-21)23(26)20-12-7-4-8-13-20/h3-18H,1-2H3,(H,25,27). The van der Waals surface area contributed by atoms with Gasteiger partial charge in [-0.25, -0.2) is 0 Å². The van der Waals surface area contributed by atoms with Gasteiger partial charge in [-0.15, -0.1) is 0 Å². The molecule has 3 rings (SSSR count). The normalized spacial score (nSPS) is 12.8. The second-order valence-corrected chi connectivity index (χ2v) is 6.68. The fraction of sp³-hybridized carbons (Fsp3) is 0.167. The van der Waals surface area contributed by atoms with Crippen molar-refractivity contribution in [1.82, 2.24) is 5.32 Å². The molecule has 2 atom stereocenters. The van der Waals surface area contributed by atoms with Crippen LogP contribution in [0.5, 0.6) is 0 Å². The van der Waals surface area contributed by atoms with Crippen LogP contribution in [0, 0.1) is 0 Å². The Balaban J connectivity index is 1.74. The maximum absolute atomic E-state index is 12.7. The van der Waals surface area contributed by atoms with Gasteiger partial charge in [0.1, 0.15) is 0 Å². The van der Waals surface area contributed by atoms with Crippen LogP contribution in [0.15, 0.2) is 84.9 Å². The molecular weight excluding hydrogens is 334 g/mol. The number of hydrogen-bond acceptors (Lipinski definition) is 2. The Hall–Kier alpha value is -3.20. The lowest BCUT2D eigenvalue weighted by molar-refractivity contribution is -0.122. The predicted molar refractivity (Wildman–Crippen MR) is 108 cm³/mol.